The summed E-state index contributed by atoms with van der Waals surface area (Å²) in [6.07, 6.45) is 0. The summed E-state index contributed by atoms with van der Waals surface area (Å²) in [6, 6.07) is 2.53. The Kier molecular flexibility index (Phi) is 2.71. The Hall–Kier alpha value is -0.900. The SMILES string of the molecule is COc1cc(Cl)nc(C(C)(F)F)c1. The first kappa shape index (κ1) is 10.2. The molecule has 2 nitrogen and oxygen atoms in total. The molecule has 0 saturated carbocycles. The van der Waals surface area contributed by atoms with Gasteiger partial charge in [-0.3, -0.25) is 0 Å². The molecule has 0 fully saturated rings. The highest BCUT2D eigenvalue weighted by Crippen LogP contribution is 2.29. The van der Waals surface area contributed by atoms with E-state index in [9.17, 15) is 8.78 Å². The molecule has 72 valence electrons. The van der Waals surface area contributed by atoms with Crippen molar-refractivity contribution >= 4 is 11.6 Å². The number of halogens is 3. The van der Waals surface area contributed by atoms with Crippen molar-refractivity contribution in [2.24, 2.45) is 0 Å². The summed E-state index contributed by atoms with van der Waals surface area (Å²) in [7, 11) is 1.38. The van der Waals surface area contributed by atoms with Gasteiger partial charge in [0.2, 0.25) is 0 Å². The second kappa shape index (κ2) is 3.46. The molecule has 0 aliphatic rings. The standard InChI is InChI=1S/C8H8ClF2NO/c1-8(10,11)6-3-5(13-2)4-7(9)12-6/h3-4H,1-2H3. The summed E-state index contributed by atoms with van der Waals surface area (Å²) in [5, 5.41) is -0.00382. The Balaban J connectivity index is 3.16. The van der Waals surface area contributed by atoms with E-state index in [1.807, 2.05) is 0 Å². The van der Waals surface area contributed by atoms with E-state index < -0.39 is 11.6 Å². The van der Waals surface area contributed by atoms with Crippen LogP contribution < -0.4 is 4.74 Å². The van der Waals surface area contributed by atoms with Crippen LogP contribution >= 0.6 is 11.6 Å². The number of pyridine rings is 1. The fourth-order valence-corrected chi connectivity index (χ4v) is 1.01. The Morgan fingerprint density at radius 3 is 2.54 bits per heavy atom. The van der Waals surface area contributed by atoms with Crippen molar-refractivity contribution in [1.29, 1.82) is 0 Å². The number of rotatable bonds is 2. The highest BCUT2D eigenvalue weighted by Gasteiger charge is 2.27. The third-order valence-corrected chi connectivity index (χ3v) is 1.65. The molecule has 13 heavy (non-hydrogen) atoms. The summed E-state index contributed by atoms with van der Waals surface area (Å²) in [5.74, 6) is -2.73. The maximum Gasteiger partial charge on any atom is 0.287 e. The quantitative estimate of drug-likeness (QED) is 0.696. The minimum Gasteiger partial charge on any atom is -0.497 e. The van der Waals surface area contributed by atoms with Gasteiger partial charge in [0, 0.05) is 19.1 Å². The topological polar surface area (TPSA) is 22.1 Å². The van der Waals surface area contributed by atoms with Crippen LogP contribution in [0, 0.1) is 0 Å². The lowest BCUT2D eigenvalue weighted by Crippen LogP contribution is -2.09. The second-order valence-electron chi connectivity index (χ2n) is 2.60. The second-order valence-corrected chi connectivity index (χ2v) is 2.99. The number of hydrogen-bond acceptors (Lipinski definition) is 2. The average molecular weight is 208 g/mol. The Bertz CT molecular complexity index is 312. The summed E-state index contributed by atoms with van der Waals surface area (Å²) < 4.78 is 30.3. The van der Waals surface area contributed by atoms with Crippen LogP contribution in [-0.4, -0.2) is 12.1 Å². The lowest BCUT2D eigenvalue weighted by molar-refractivity contribution is 0.0125. The molecular weight excluding hydrogens is 200 g/mol. The van der Waals surface area contributed by atoms with E-state index in [0.717, 1.165) is 13.0 Å². The van der Waals surface area contributed by atoms with Crippen molar-refractivity contribution in [1.82, 2.24) is 4.98 Å². The molecular formula is C8H8ClF2NO. The average Bonchev–Trinajstić information content (AvgIpc) is 2.01. The maximum atomic E-state index is 12.8. The fraction of sp³-hybridized carbons (Fsp3) is 0.375. The molecule has 0 radical (unpaired) electrons. The van der Waals surface area contributed by atoms with Crippen LogP contribution in [0.3, 0.4) is 0 Å². The summed E-state index contributed by atoms with van der Waals surface area (Å²) in [4.78, 5) is 3.49. The molecule has 0 atom stereocenters. The highest BCUT2D eigenvalue weighted by molar-refractivity contribution is 6.29. The molecule has 0 bridgehead atoms. The van der Waals surface area contributed by atoms with Crippen molar-refractivity contribution < 1.29 is 13.5 Å². The first-order valence-corrected chi connectivity index (χ1v) is 3.91. The van der Waals surface area contributed by atoms with Gasteiger partial charge >= 0.3 is 0 Å². The summed E-state index contributed by atoms with van der Waals surface area (Å²) in [5.41, 5.74) is -0.392. The lowest BCUT2D eigenvalue weighted by Gasteiger charge is -2.10. The maximum absolute atomic E-state index is 12.8. The molecule has 0 saturated heterocycles. The van der Waals surface area contributed by atoms with Crippen molar-refractivity contribution in [2.45, 2.75) is 12.8 Å². The molecule has 1 aromatic heterocycles. The highest BCUT2D eigenvalue weighted by atomic mass is 35.5. The van der Waals surface area contributed by atoms with Gasteiger partial charge in [-0.2, -0.15) is 8.78 Å². The molecule has 0 spiro atoms. The van der Waals surface area contributed by atoms with Gasteiger partial charge in [0.1, 0.15) is 16.6 Å². The Labute approximate surface area is 79.5 Å². The molecule has 1 heterocycles. The van der Waals surface area contributed by atoms with Crippen LogP contribution in [0.15, 0.2) is 12.1 Å². The molecule has 0 unspecified atom stereocenters. The number of hydrogen-bond donors (Lipinski definition) is 0. The van der Waals surface area contributed by atoms with E-state index >= 15 is 0 Å². The van der Waals surface area contributed by atoms with Gasteiger partial charge in [-0.1, -0.05) is 11.6 Å². The molecule has 0 aliphatic carbocycles. The minimum atomic E-state index is -3.00. The van der Waals surface area contributed by atoms with Crippen molar-refractivity contribution in [3.8, 4) is 5.75 Å². The van der Waals surface area contributed by atoms with E-state index in [0.29, 0.717) is 0 Å². The zero-order valence-corrected chi connectivity index (χ0v) is 7.90. The van der Waals surface area contributed by atoms with Gasteiger partial charge in [0.25, 0.3) is 5.92 Å². The molecule has 0 aromatic carbocycles. The Morgan fingerprint density at radius 2 is 2.08 bits per heavy atom. The monoisotopic (exact) mass is 207 g/mol. The number of ether oxygens (including phenoxy) is 1. The molecule has 0 aliphatic heterocycles. The van der Waals surface area contributed by atoms with Gasteiger partial charge in [-0.15, -0.1) is 0 Å². The number of nitrogens with zero attached hydrogens (tertiary/aromatic N) is 1. The Morgan fingerprint density at radius 1 is 1.46 bits per heavy atom. The first-order valence-electron chi connectivity index (χ1n) is 3.53. The van der Waals surface area contributed by atoms with Crippen LogP contribution in [0.5, 0.6) is 5.75 Å². The van der Waals surface area contributed by atoms with Crippen LogP contribution in [0.4, 0.5) is 8.78 Å². The molecule has 1 rings (SSSR count). The minimum absolute atomic E-state index is 0.00382. The van der Waals surface area contributed by atoms with Crippen LogP contribution in [-0.2, 0) is 5.92 Å². The number of alkyl halides is 2. The van der Waals surface area contributed by atoms with Gasteiger partial charge in [0.15, 0.2) is 0 Å². The van der Waals surface area contributed by atoms with E-state index in [-0.39, 0.29) is 10.9 Å². The predicted molar refractivity (Wildman–Crippen MR) is 45.4 cm³/mol. The van der Waals surface area contributed by atoms with Gasteiger partial charge in [0.05, 0.1) is 7.11 Å². The van der Waals surface area contributed by atoms with Gasteiger partial charge in [-0.25, -0.2) is 4.98 Å². The summed E-state index contributed by atoms with van der Waals surface area (Å²) in [6.45, 7) is 0.755. The zero-order chi connectivity index (χ0) is 10.1. The van der Waals surface area contributed by atoms with Crippen molar-refractivity contribution in [3.63, 3.8) is 0 Å². The van der Waals surface area contributed by atoms with E-state index in [1.54, 1.807) is 0 Å². The molecule has 1 aromatic rings. The third kappa shape index (κ3) is 2.52. The van der Waals surface area contributed by atoms with E-state index in [1.165, 1.54) is 13.2 Å². The molecule has 0 amide bonds. The third-order valence-electron chi connectivity index (χ3n) is 1.45. The molecule has 0 N–H and O–H groups in total. The van der Waals surface area contributed by atoms with Gasteiger partial charge in [-0.05, 0) is 0 Å². The molecule has 5 heteroatoms. The van der Waals surface area contributed by atoms with Gasteiger partial charge < -0.3 is 4.74 Å². The van der Waals surface area contributed by atoms with Crippen LogP contribution in [0.2, 0.25) is 5.15 Å². The van der Waals surface area contributed by atoms with E-state index in [4.69, 9.17) is 16.3 Å². The first-order chi connectivity index (χ1) is 5.93. The van der Waals surface area contributed by atoms with E-state index in [2.05, 4.69) is 4.98 Å². The fourth-order valence-electron chi connectivity index (χ4n) is 0.816. The largest absolute Gasteiger partial charge is 0.497 e. The number of methoxy groups -OCH3 is 1. The normalized spacial score (nSPS) is 11.5. The van der Waals surface area contributed by atoms with Crippen LogP contribution in [0.1, 0.15) is 12.6 Å². The summed E-state index contributed by atoms with van der Waals surface area (Å²) >= 11 is 5.51. The zero-order valence-electron chi connectivity index (χ0n) is 7.14. The van der Waals surface area contributed by atoms with Crippen molar-refractivity contribution in [3.05, 3.63) is 23.0 Å². The smallest absolute Gasteiger partial charge is 0.287 e. The predicted octanol–water partition coefficient (Wildman–Crippen LogP) is 2.86. The van der Waals surface area contributed by atoms with Crippen LogP contribution in [0.25, 0.3) is 0 Å². The number of aromatic nitrogens is 1. The van der Waals surface area contributed by atoms with Crippen molar-refractivity contribution in [2.75, 3.05) is 7.11 Å². The lowest BCUT2D eigenvalue weighted by atomic mass is 10.2.